The maximum atomic E-state index is 6.02. The molecule has 0 saturated carbocycles. The lowest BCUT2D eigenvalue weighted by atomic mass is 10.1. The van der Waals surface area contributed by atoms with E-state index in [0.29, 0.717) is 18.2 Å². The minimum absolute atomic E-state index is 0.498. The zero-order chi connectivity index (χ0) is 13.0. The van der Waals surface area contributed by atoms with Gasteiger partial charge in [-0.1, -0.05) is 50.2 Å². The molecule has 2 nitrogen and oxygen atoms in total. The van der Waals surface area contributed by atoms with E-state index in [-0.39, 0.29) is 0 Å². The van der Waals surface area contributed by atoms with Crippen molar-refractivity contribution in [2.45, 2.75) is 13.8 Å². The summed E-state index contributed by atoms with van der Waals surface area (Å²) >= 11 is 0. The second-order valence-electron chi connectivity index (χ2n) is 4.82. The lowest BCUT2D eigenvalue weighted by Crippen LogP contribution is -2.06. The molecule has 0 saturated heterocycles. The Morgan fingerprint density at radius 2 is 1.72 bits per heavy atom. The van der Waals surface area contributed by atoms with Crippen molar-refractivity contribution < 1.29 is 4.74 Å². The third-order valence-electron chi connectivity index (χ3n) is 2.69. The number of benzene rings is 2. The van der Waals surface area contributed by atoms with Crippen molar-refractivity contribution >= 4 is 5.69 Å². The molecular formula is C16H19NO. The van der Waals surface area contributed by atoms with Gasteiger partial charge in [-0.05, 0) is 29.2 Å². The van der Waals surface area contributed by atoms with Crippen LogP contribution in [0.15, 0.2) is 48.5 Å². The van der Waals surface area contributed by atoms with E-state index in [1.165, 1.54) is 5.56 Å². The Morgan fingerprint density at radius 1 is 1.00 bits per heavy atom. The lowest BCUT2D eigenvalue weighted by molar-refractivity contribution is 0.272. The summed E-state index contributed by atoms with van der Waals surface area (Å²) in [5.41, 5.74) is 8.99. The molecule has 0 bridgehead atoms. The lowest BCUT2D eigenvalue weighted by Gasteiger charge is -2.12. The second kappa shape index (κ2) is 5.58. The van der Waals surface area contributed by atoms with E-state index in [1.807, 2.05) is 36.4 Å². The van der Waals surface area contributed by atoms with Gasteiger partial charge in [-0.2, -0.15) is 0 Å². The maximum absolute atomic E-state index is 6.02. The van der Waals surface area contributed by atoms with Gasteiger partial charge in [-0.25, -0.2) is 0 Å². The van der Waals surface area contributed by atoms with E-state index in [2.05, 4.69) is 26.0 Å². The van der Waals surface area contributed by atoms with E-state index in [1.54, 1.807) is 0 Å². The minimum atomic E-state index is 0.498. The summed E-state index contributed by atoms with van der Waals surface area (Å²) in [5, 5.41) is 0. The van der Waals surface area contributed by atoms with E-state index >= 15 is 0 Å². The van der Waals surface area contributed by atoms with E-state index in [0.717, 1.165) is 11.3 Å². The number of rotatable bonds is 4. The molecule has 0 aliphatic carbocycles. The Balaban J connectivity index is 2.20. The van der Waals surface area contributed by atoms with Gasteiger partial charge in [0.15, 0.2) is 0 Å². The largest absolute Gasteiger partial charge is 0.491 e. The molecule has 2 heteroatoms. The SMILES string of the molecule is CC(C)COc1ccc(-c2ccccc2)cc1N. The molecular weight excluding hydrogens is 222 g/mol. The Hall–Kier alpha value is -1.96. The number of hydrogen-bond donors (Lipinski definition) is 1. The highest BCUT2D eigenvalue weighted by atomic mass is 16.5. The van der Waals surface area contributed by atoms with Gasteiger partial charge in [0.05, 0.1) is 12.3 Å². The average molecular weight is 241 g/mol. The molecule has 0 aromatic heterocycles. The molecule has 0 aliphatic heterocycles. The fraction of sp³-hybridized carbons (Fsp3) is 0.250. The second-order valence-corrected chi connectivity index (χ2v) is 4.82. The average Bonchev–Trinajstić information content (AvgIpc) is 2.38. The molecule has 2 N–H and O–H groups in total. The fourth-order valence-electron chi connectivity index (χ4n) is 1.75. The van der Waals surface area contributed by atoms with Crippen LogP contribution in [0.1, 0.15) is 13.8 Å². The maximum Gasteiger partial charge on any atom is 0.142 e. The molecule has 0 amide bonds. The summed E-state index contributed by atoms with van der Waals surface area (Å²) in [6.07, 6.45) is 0. The molecule has 18 heavy (non-hydrogen) atoms. The van der Waals surface area contributed by atoms with Gasteiger partial charge in [0.1, 0.15) is 5.75 Å². The van der Waals surface area contributed by atoms with E-state index in [9.17, 15) is 0 Å². The first-order valence-corrected chi connectivity index (χ1v) is 6.24. The normalized spacial score (nSPS) is 10.6. The van der Waals surface area contributed by atoms with Crippen LogP contribution in [0, 0.1) is 5.92 Å². The van der Waals surface area contributed by atoms with Gasteiger partial charge < -0.3 is 10.5 Å². The van der Waals surface area contributed by atoms with Crippen LogP contribution >= 0.6 is 0 Å². The first-order valence-electron chi connectivity index (χ1n) is 6.24. The molecule has 2 rings (SSSR count). The van der Waals surface area contributed by atoms with Gasteiger partial charge in [-0.15, -0.1) is 0 Å². The van der Waals surface area contributed by atoms with Crippen LogP contribution in [0.5, 0.6) is 5.75 Å². The first-order chi connectivity index (χ1) is 8.66. The van der Waals surface area contributed by atoms with Gasteiger partial charge in [0, 0.05) is 0 Å². The molecule has 0 aliphatic rings. The van der Waals surface area contributed by atoms with Gasteiger partial charge in [0.25, 0.3) is 0 Å². The number of nitrogens with two attached hydrogens (primary N) is 1. The van der Waals surface area contributed by atoms with E-state index < -0.39 is 0 Å². The van der Waals surface area contributed by atoms with Crippen molar-refractivity contribution in [3.05, 3.63) is 48.5 Å². The predicted molar refractivity (Wildman–Crippen MR) is 76.6 cm³/mol. The molecule has 0 unspecified atom stereocenters. The Kier molecular flexibility index (Phi) is 3.88. The molecule has 2 aromatic rings. The summed E-state index contributed by atoms with van der Waals surface area (Å²) < 4.78 is 5.66. The standard InChI is InChI=1S/C16H19NO/c1-12(2)11-18-16-9-8-14(10-15(16)17)13-6-4-3-5-7-13/h3-10,12H,11,17H2,1-2H3. The number of hydrogen-bond acceptors (Lipinski definition) is 2. The smallest absolute Gasteiger partial charge is 0.142 e. The number of anilines is 1. The quantitative estimate of drug-likeness (QED) is 0.822. The van der Waals surface area contributed by atoms with E-state index in [4.69, 9.17) is 10.5 Å². The Morgan fingerprint density at radius 3 is 2.33 bits per heavy atom. The first kappa shape index (κ1) is 12.5. The van der Waals surface area contributed by atoms with Crippen LogP contribution in [0.3, 0.4) is 0 Å². The van der Waals surface area contributed by atoms with Crippen molar-refractivity contribution in [2.24, 2.45) is 5.92 Å². The molecule has 0 radical (unpaired) electrons. The number of nitrogen functional groups attached to an aromatic ring is 1. The molecule has 0 spiro atoms. The molecule has 0 fully saturated rings. The van der Waals surface area contributed by atoms with Gasteiger partial charge in [-0.3, -0.25) is 0 Å². The van der Waals surface area contributed by atoms with Crippen LogP contribution in [-0.4, -0.2) is 6.61 Å². The zero-order valence-electron chi connectivity index (χ0n) is 10.9. The summed E-state index contributed by atoms with van der Waals surface area (Å²) in [6, 6.07) is 16.1. The highest BCUT2D eigenvalue weighted by molar-refractivity contribution is 5.70. The number of ether oxygens (including phenoxy) is 1. The van der Waals surface area contributed by atoms with Crippen molar-refractivity contribution in [3.63, 3.8) is 0 Å². The summed E-state index contributed by atoms with van der Waals surface area (Å²) in [4.78, 5) is 0. The summed E-state index contributed by atoms with van der Waals surface area (Å²) in [5.74, 6) is 1.27. The van der Waals surface area contributed by atoms with Gasteiger partial charge in [0.2, 0.25) is 0 Å². The third-order valence-corrected chi connectivity index (χ3v) is 2.69. The van der Waals surface area contributed by atoms with Crippen LogP contribution in [0.25, 0.3) is 11.1 Å². The molecule has 94 valence electrons. The van der Waals surface area contributed by atoms with Crippen LogP contribution in [0.2, 0.25) is 0 Å². The zero-order valence-corrected chi connectivity index (χ0v) is 10.9. The highest BCUT2D eigenvalue weighted by Gasteiger charge is 2.04. The fourth-order valence-corrected chi connectivity index (χ4v) is 1.75. The van der Waals surface area contributed by atoms with Crippen molar-refractivity contribution in [1.82, 2.24) is 0 Å². The Labute approximate surface area is 108 Å². The summed E-state index contributed by atoms with van der Waals surface area (Å²) in [6.45, 7) is 4.93. The van der Waals surface area contributed by atoms with Gasteiger partial charge >= 0.3 is 0 Å². The van der Waals surface area contributed by atoms with Crippen molar-refractivity contribution in [3.8, 4) is 16.9 Å². The highest BCUT2D eigenvalue weighted by Crippen LogP contribution is 2.28. The summed E-state index contributed by atoms with van der Waals surface area (Å²) in [7, 11) is 0. The molecule has 0 heterocycles. The van der Waals surface area contributed by atoms with Crippen LogP contribution in [-0.2, 0) is 0 Å². The molecule has 0 atom stereocenters. The topological polar surface area (TPSA) is 35.2 Å². The van der Waals surface area contributed by atoms with Crippen molar-refractivity contribution in [1.29, 1.82) is 0 Å². The third kappa shape index (κ3) is 3.04. The van der Waals surface area contributed by atoms with Crippen LogP contribution in [0.4, 0.5) is 5.69 Å². The Bertz CT molecular complexity index is 506. The van der Waals surface area contributed by atoms with Crippen LogP contribution < -0.4 is 10.5 Å². The minimum Gasteiger partial charge on any atom is -0.491 e. The molecule has 2 aromatic carbocycles. The predicted octanol–water partition coefficient (Wildman–Crippen LogP) is 3.97. The van der Waals surface area contributed by atoms with Crippen molar-refractivity contribution in [2.75, 3.05) is 12.3 Å². The monoisotopic (exact) mass is 241 g/mol.